The first-order chi connectivity index (χ1) is 9.29. The molecule has 0 bridgehead atoms. The second-order valence-corrected chi connectivity index (χ2v) is 4.59. The van der Waals surface area contributed by atoms with Gasteiger partial charge in [0.05, 0.1) is 11.2 Å². The number of nitrogens with two attached hydrogens (primary N) is 1. The molecule has 0 aliphatic carbocycles. The molecule has 19 heavy (non-hydrogen) atoms. The zero-order chi connectivity index (χ0) is 13.2. The highest BCUT2D eigenvalue weighted by atomic mass is 15.4. The van der Waals surface area contributed by atoms with Crippen molar-refractivity contribution in [3.63, 3.8) is 0 Å². The zero-order valence-corrected chi connectivity index (χ0v) is 10.9. The Morgan fingerprint density at radius 2 is 1.95 bits per heavy atom. The van der Waals surface area contributed by atoms with E-state index in [1.807, 2.05) is 19.1 Å². The molecular weight excluding hydrogens is 236 g/mol. The number of rotatable bonds is 3. The molecule has 4 heteroatoms. The molecule has 0 unspecified atom stereocenters. The van der Waals surface area contributed by atoms with Crippen molar-refractivity contribution in [1.82, 2.24) is 14.8 Å². The molecular formula is C15H16N4. The van der Waals surface area contributed by atoms with Crippen molar-refractivity contribution in [3.05, 3.63) is 53.9 Å². The van der Waals surface area contributed by atoms with Gasteiger partial charge in [-0.05, 0) is 43.1 Å². The van der Waals surface area contributed by atoms with E-state index >= 15 is 0 Å². The van der Waals surface area contributed by atoms with Crippen molar-refractivity contribution in [2.75, 3.05) is 6.54 Å². The number of hydrogen-bond acceptors (Lipinski definition) is 3. The normalized spacial score (nSPS) is 11.1. The van der Waals surface area contributed by atoms with Crippen LogP contribution in [-0.2, 0) is 6.42 Å². The fourth-order valence-corrected chi connectivity index (χ4v) is 2.37. The van der Waals surface area contributed by atoms with E-state index in [2.05, 4.69) is 34.5 Å². The summed E-state index contributed by atoms with van der Waals surface area (Å²) < 4.78 is 1.68. The number of hydrogen-bond donors (Lipinski definition) is 1. The van der Waals surface area contributed by atoms with Gasteiger partial charge in [-0.1, -0.05) is 24.3 Å². The highest BCUT2D eigenvalue weighted by Gasteiger charge is 2.11. The number of nitrogens with zero attached hydrogens (tertiary/aromatic N) is 3. The third kappa shape index (κ3) is 2.11. The van der Waals surface area contributed by atoms with E-state index in [-0.39, 0.29) is 0 Å². The predicted molar refractivity (Wildman–Crippen MR) is 75.9 cm³/mol. The maximum Gasteiger partial charge on any atom is 0.0954 e. The molecule has 0 spiro atoms. The predicted octanol–water partition coefficient (Wildman–Crippen LogP) is 2.21. The second kappa shape index (κ2) is 4.82. The van der Waals surface area contributed by atoms with E-state index in [9.17, 15) is 0 Å². The average Bonchev–Trinajstić information content (AvgIpc) is 2.76. The first-order valence-corrected chi connectivity index (χ1v) is 6.39. The van der Waals surface area contributed by atoms with Gasteiger partial charge in [0.15, 0.2) is 0 Å². The van der Waals surface area contributed by atoms with E-state index < -0.39 is 0 Å². The molecule has 96 valence electrons. The van der Waals surface area contributed by atoms with Crippen molar-refractivity contribution in [2.45, 2.75) is 13.3 Å². The van der Waals surface area contributed by atoms with Crippen LogP contribution >= 0.6 is 0 Å². The standard InChI is InChI=1S/C15H16N4/c1-11-15(14-3-2-10-17-19(14)18-11)13-6-4-12(5-7-13)8-9-16/h2-7,10H,8-9,16H2,1H3. The van der Waals surface area contributed by atoms with Crippen LogP contribution in [0, 0.1) is 6.92 Å². The summed E-state index contributed by atoms with van der Waals surface area (Å²) in [6.07, 6.45) is 2.66. The van der Waals surface area contributed by atoms with Crippen molar-refractivity contribution in [1.29, 1.82) is 0 Å². The number of aryl methyl sites for hydroxylation is 1. The topological polar surface area (TPSA) is 56.2 Å². The third-order valence-corrected chi connectivity index (χ3v) is 3.27. The van der Waals surface area contributed by atoms with Gasteiger partial charge in [-0.2, -0.15) is 14.8 Å². The molecule has 0 aliphatic rings. The lowest BCUT2D eigenvalue weighted by Gasteiger charge is -2.03. The Labute approximate surface area is 111 Å². The van der Waals surface area contributed by atoms with E-state index in [1.165, 1.54) is 11.1 Å². The minimum atomic E-state index is 0.680. The Morgan fingerprint density at radius 3 is 2.68 bits per heavy atom. The molecule has 0 amide bonds. The van der Waals surface area contributed by atoms with E-state index in [0.717, 1.165) is 23.2 Å². The average molecular weight is 252 g/mol. The van der Waals surface area contributed by atoms with E-state index in [4.69, 9.17) is 5.73 Å². The lowest BCUT2D eigenvalue weighted by atomic mass is 10.0. The van der Waals surface area contributed by atoms with Gasteiger partial charge in [0.25, 0.3) is 0 Å². The fourth-order valence-electron chi connectivity index (χ4n) is 2.37. The molecule has 4 nitrogen and oxygen atoms in total. The summed E-state index contributed by atoms with van der Waals surface area (Å²) >= 11 is 0. The minimum Gasteiger partial charge on any atom is -0.330 e. The highest BCUT2D eigenvalue weighted by molar-refractivity contribution is 5.82. The molecule has 0 saturated carbocycles. The summed E-state index contributed by atoms with van der Waals surface area (Å²) in [4.78, 5) is 0. The van der Waals surface area contributed by atoms with Crippen LogP contribution in [0.5, 0.6) is 0 Å². The second-order valence-electron chi connectivity index (χ2n) is 4.59. The molecule has 0 aliphatic heterocycles. The van der Waals surface area contributed by atoms with Crippen LogP contribution in [0.15, 0.2) is 42.6 Å². The molecule has 1 aromatic carbocycles. The summed E-state index contributed by atoms with van der Waals surface area (Å²) in [5.41, 5.74) is 11.2. The number of fused-ring (bicyclic) bond motifs is 1. The van der Waals surface area contributed by atoms with Crippen LogP contribution in [0.2, 0.25) is 0 Å². The van der Waals surface area contributed by atoms with Crippen LogP contribution < -0.4 is 5.73 Å². The van der Waals surface area contributed by atoms with Crippen molar-refractivity contribution < 1.29 is 0 Å². The van der Waals surface area contributed by atoms with Crippen molar-refractivity contribution >= 4 is 5.52 Å². The lowest BCUT2D eigenvalue weighted by Crippen LogP contribution is -2.02. The Bertz CT molecular complexity index is 698. The number of benzene rings is 1. The van der Waals surface area contributed by atoms with Crippen LogP contribution in [0.25, 0.3) is 16.6 Å². The summed E-state index contributed by atoms with van der Waals surface area (Å²) in [7, 11) is 0. The van der Waals surface area contributed by atoms with Crippen LogP contribution in [0.1, 0.15) is 11.3 Å². The molecule has 2 N–H and O–H groups in total. The van der Waals surface area contributed by atoms with Gasteiger partial charge in [0.2, 0.25) is 0 Å². The Balaban J connectivity index is 2.10. The van der Waals surface area contributed by atoms with E-state index in [1.54, 1.807) is 10.8 Å². The minimum absolute atomic E-state index is 0.680. The summed E-state index contributed by atoms with van der Waals surface area (Å²) in [5.74, 6) is 0. The Morgan fingerprint density at radius 1 is 1.16 bits per heavy atom. The van der Waals surface area contributed by atoms with Gasteiger partial charge in [0.1, 0.15) is 0 Å². The van der Waals surface area contributed by atoms with E-state index in [0.29, 0.717) is 6.54 Å². The quantitative estimate of drug-likeness (QED) is 0.777. The first kappa shape index (κ1) is 11.9. The fraction of sp³-hybridized carbons (Fsp3) is 0.200. The molecule has 0 radical (unpaired) electrons. The molecule has 0 atom stereocenters. The summed E-state index contributed by atoms with van der Waals surface area (Å²) in [6.45, 7) is 2.69. The van der Waals surface area contributed by atoms with Gasteiger partial charge in [-0.3, -0.25) is 0 Å². The third-order valence-electron chi connectivity index (χ3n) is 3.27. The lowest BCUT2D eigenvalue weighted by molar-refractivity contribution is 0.787. The number of aromatic nitrogens is 3. The maximum atomic E-state index is 5.57. The SMILES string of the molecule is Cc1nn2ncccc2c1-c1ccc(CCN)cc1. The first-order valence-electron chi connectivity index (χ1n) is 6.39. The van der Waals surface area contributed by atoms with Gasteiger partial charge < -0.3 is 5.73 Å². The summed E-state index contributed by atoms with van der Waals surface area (Å²) in [5, 5.41) is 8.66. The van der Waals surface area contributed by atoms with Gasteiger partial charge in [-0.25, -0.2) is 0 Å². The van der Waals surface area contributed by atoms with Crippen molar-refractivity contribution in [3.8, 4) is 11.1 Å². The van der Waals surface area contributed by atoms with Gasteiger partial charge >= 0.3 is 0 Å². The Hall–Kier alpha value is -2.20. The van der Waals surface area contributed by atoms with Gasteiger partial charge in [0, 0.05) is 11.8 Å². The monoisotopic (exact) mass is 252 g/mol. The molecule has 2 aromatic heterocycles. The molecule has 0 saturated heterocycles. The van der Waals surface area contributed by atoms with Gasteiger partial charge in [-0.15, -0.1) is 0 Å². The van der Waals surface area contributed by atoms with Crippen molar-refractivity contribution in [2.24, 2.45) is 5.73 Å². The zero-order valence-electron chi connectivity index (χ0n) is 10.9. The highest BCUT2D eigenvalue weighted by Crippen LogP contribution is 2.27. The van der Waals surface area contributed by atoms with Crippen LogP contribution in [0.3, 0.4) is 0 Å². The molecule has 2 heterocycles. The summed E-state index contributed by atoms with van der Waals surface area (Å²) in [6, 6.07) is 12.5. The smallest absolute Gasteiger partial charge is 0.0954 e. The van der Waals surface area contributed by atoms with Crippen LogP contribution in [0.4, 0.5) is 0 Å². The maximum absolute atomic E-state index is 5.57. The Kier molecular flexibility index (Phi) is 3.01. The largest absolute Gasteiger partial charge is 0.330 e. The van der Waals surface area contributed by atoms with Crippen LogP contribution in [-0.4, -0.2) is 21.4 Å². The molecule has 3 rings (SSSR count). The molecule has 3 aromatic rings. The molecule has 0 fully saturated rings.